The van der Waals surface area contributed by atoms with Crippen LogP contribution in [0.3, 0.4) is 0 Å². The van der Waals surface area contributed by atoms with Gasteiger partial charge in [0.1, 0.15) is 11.6 Å². The number of rotatable bonds is 6. The minimum Gasteiger partial charge on any atom is -0.330 e. The first-order chi connectivity index (χ1) is 12.0. The fourth-order valence-corrected chi connectivity index (χ4v) is 3.99. The zero-order valence-electron chi connectivity index (χ0n) is 14.7. The van der Waals surface area contributed by atoms with Gasteiger partial charge in [0.15, 0.2) is 0 Å². The predicted molar refractivity (Wildman–Crippen MR) is 105 cm³/mol. The first-order valence-corrected chi connectivity index (χ1v) is 9.60. The maximum absolute atomic E-state index is 6.42. The number of unbranched alkanes of at least 4 members (excludes halogenated alkanes) is 1. The molecule has 0 aliphatic carbocycles. The van der Waals surface area contributed by atoms with Crippen molar-refractivity contribution >= 4 is 34.7 Å². The molecule has 3 rings (SSSR count). The molecule has 1 aromatic heterocycles. The zero-order chi connectivity index (χ0) is 18.0. The lowest BCUT2D eigenvalue weighted by molar-refractivity contribution is 0.573. The average Bonchev–Trinajstić information content (AvgIpc) is 2.99. The first kappa shape index (κ1) is 18.4. The van der Waals surface area contributed by atoms with Crippen molar-refractivity contribution in [3.63, 3.8) is 0 Å². The Morgan fingerprint density at radius 2 is 2.08 bits per heavy atom. The second-order valence-electron chi connectivity index (χ2n) is 6.53. The molecule has 2 heterocycles. The van der Waals surface area contributed by atoms with Crippen molar-refractivity contribution in [1.29, 1.82) is 0 Å². The summed E-state index contributed by atoms with van der Waals surface area (Å²) >= 11 is 12.5. The van der Waals surface area contributed by atoms with E-state index >= 15 is 0 Å². The number of aryl methyl sites for hydroxylation is 1. The summed E-state index contributed by atoms with van der Waals surface area (Å²) in [6, 6.07) is 5.59. The van der Waals surface area contributed by atoms with Gasteiger partial charge in [0.25, 0.3) is 0 Å². The summed E-state index contributed by atoms with van der Waals surface area (Å²) < 4.78 is 0. The largest absolute Gasteiger partial charge is 0.330 e. The zero-order valence-corrected chi connectivity index (χ0v) is 16.2. The normalized spacial score (nSPS) is 14.7. The van der Waals surface area contributed by atoms with Gasteiger partial charge in [-0.2, -0.15) is 0 Å². The minimum atomic E-state index is 0.288. The van der Waals surface area contributed by atoms with Gasteiger partial charge in [-0.25, -0.2) is 9.97 Å². The van der Waals surface area contributed by atoms with E-state index in [0.29, 0.717) is 16.6 Å². The number of halogens is 2. The number of hydrogen-bond donors (Lipinski definition) is 1. The monoisotopic (exact) mass is 378 g/mol. The van der Waals surface area contributed by atoms with E-state index in [1.807, 2.05) is 19.1 Å². The van der Waals surface area contributed by atoms with Gasteiger partial charge in [0.05, 0.1) is 16.4 Å². The van der Waals surface area contributed by atoms with Crippen molar-refractivity contribution < 1.29 is 0 Å². The first-order valence-electron chi connectivity index (χ1n) is 8.85. The summed E-state index contributed by atoms with van der Waals surface area (Å²) in [5.41, 5.74) is 9.33. The van der Waals surface area contributed by atoms with Crippen LogP contribution in [0.15, 0.2) is 18.2 Å². The molecule has 1 aliphatic heterocycles. The summed E-state index contributed by atoms with van der Waals surface area (Å²) in [5, 5.41) is 1.27. The minimum absolute atomic E-state index is 0.288. The Labute approximate surface area is 159 Å². The molecule has 134 valence electrons. The smallest absolute Gasteiger partial charge is 0.140 e. The molecule has 2 N–H and O–H groups in total. The topological polar surface area (TPSA) is 55.0 Å². The summed E-state index contributed by atoms with van der Waals surface area (Å²) in [5.74, 6) is 2.03. The van der Waals surface area contributed by atoms with Crippen LogP contribution >= 0.6 is 23.2 Å². The summed E-state index contributed by atoms with van der Waals surface area (Å²) in [4.78, 5) is 11.6. The van der Waals surface area contributed by atoms with Crippen molar-refractivity contribution in [2.45, 2.75) is 45.4 Å². The van der Waals surface area contributed by atoms with Gasteiger partial charge in [-0.1, -0.05) is 43.0 Å². The third kappa shape index (κ3) is 3.76. The molecule has 0 bridgehead atoms. The number of anilines is 2. The van der Waals surface area contributed by atoms with Crippen molar-refractivity contribution in [1.82, 2.24) is 9.97 Å². The highest BCUT2D eigenvalue weighted by molar-refractivity contribution is 6.36. The molecule has 4 nitrogen and oxygen atoms in total. The van der Waals surface area contributed by atoms with E-state index in [0.717, 1.165) is 55.3 Å². The molecule has 0 saturated carbocycles. The Morgan fingerprint density at radius 1 is 1.28 bits per heavy atom. The maximum atomic E-state index is 6.42. The van der Waals surface area contributed by atoms with E-state index in [-0.39, 0.29) is 5.92 Å². The highest BCUT2D eigenvalue weighted by Crippen LogP contribution is 2.40. The van der Waals surface area contributed by atoms with Gasteiger partial charge >= 0.3 is 0 Å². The van der Waals surface area contributed by atoms with Crippen molar-refractivity contribution in [3.05, 3.63) is 45.3 Å². The molecule has 0 fully saturated rings. The Kier molecular flexibility index (Phi) is 5.82. The molecule has 0 spiro atoms. The molecular formula is C19H24Cl2N4. The Hall–Kier alpha value is -1.36. The van der Waals surface area contributed by atoms with Crippen molar-refractivity contribution in [2.24, 2.45) is 5.73 Å². The third-order valence-corrected chi connectivity index (χ3v) is 5.29. The van der Waals surface area contributed by atoms with E-state index in [1.54, 1.807) is 6.07 Å². The molecular weight excluding hydrogens is 355 g/mol. The number of nitrogens with zero attached hydrogens (tertiary/aromatic N) is 3. The lowest BCUT2D eigenvalue weighted by atomic mass is 9.94. The number of aromatic nitrogens is 2. The van der Waals surface area contributed by atoms with Crippen LogP contribution in [0, 0.1) is 6.92 Å². The van der Waals surface area contributed by atoms with E-state index in [4.69, 9.17) is 38.9 Å². The second kappa shape index (κ2) is 7.90. The maximum Gasteiger partial charge on any atom is 0.140 e. The van der Waals surface area contributed by atoms with Crippen molar-refractivity contribution in [2.75, 3.05) is 18.0 Å². The molecule has 1 aliphatic rings. The molecule has 1 unspecified atom stereocenters. The standard InChI is InChI=1S/C19H24Cl2N4/c1-3-4-5-13(11-22)18-15-8-9-25(19(15)24-12(2)23-18)17-7-6-14(20)10-16(17)21/h6-7,10,13H,3-5,8-9,11,22H2,1-2H3. The van der Waals surface area contributed by atoms with Crippen molar-refractivity contribution in [3.8, 4) is 0 Å². The van der Waals surface area contributed by atoms with Gasteiger partial charge in [-0.3, -0.25) is 0 Å². The van der Waals surface area contributed by atoms with Gasteiger partial charge in [0.2, 0.25) is 0 Å². The van der Waals surface area contributed by atoms with Crippen LogP contribution in [0.5, 0.6) is 0 Å². The SMILES string of the molecule is CCCCC(CN)c1nc(C)nc2c1CCN2c1ccc(Cl)cc1Cl. The second-order valence-corrected chi connectivity index (χ2v) is 7.37. The average molecular weight is 379 g/mol. The van der Waals surface area contributed by atoms with Gasteiger partial charge in [-0.05, 0) is 38.0 Å². The Morgan fingerprint density at radius 3 is 2.76 bits per heavy atom. The lowest BCUT2D eigenvalue weighted by Gasteiger charge is -2.22. The fraction of sp³-hybridized carbons (Fsp3) is 0.474. The molecule has 6 heteroatoms. The summed E-state index contributed by atoms with van der Waals surface area (Å²) in [6.07, 6.45) is 4.30. The van der Waals surface area contributed by atoms with Crippen LogP contribution in [0.4, 0.5) is 11.5 Å². The number of nitrogens with two attached hydrogens (primary N) is 1. The van der Waals surface area contributed by atoms with Gasteiger partial charge in [-0.15, -0.1) is 0 Å². The van der Waals surface area contributed by atoms with E-state index in [1.165, 1.54) is 5.56 Å². The molecule has 2 aromatic rings. The molecule has 25 heavy (non-hydrogen) atoms. The molecule has 0 radical (unpaired) electrons. The Bertz CT molecular complexity index is 763. The Balaban J connectivity index is 2.02. The van der Waals surface area contributed by atoms with Crippen LogP contribution in [-0.2, 0) is 6.42 Å². The van der Waals surface area contributed by atoms with Gasteiger partial charge < -0.3 is 10.6 Å². The summed E-state index contributed by atoms with van der Waals surface area (Å²) in [6.45, 7) is 5.60. The van der Waals surface area contributed by atoms with E-state index < -0.39 is 0 Å². The van der Waals surface area contributed by atoms with Crippen LogP contribution < -0.4 is 10.6 Å². The number of hydrogen-bond acceptors (Lipinski definition) is 4. The predicted octanol–water partition coefficient (Wildman–Crippen LogP) is 5.02. The van der Waals surface area contributed by atoms with Crippen LogP contribution in [0.2, 0.25) is 10.0 Å². The van der Waals surface area contributed by atoms with Crippen LogP contribution in [0.25, 0.3) is 0 Å². The summed E-state index contributed by atoms with van der Waals surface area (Å²) in [7, 11) is 0. The highest BCUT2D eigenvalue weighted by atomic mass is 35.5. The van der Waals surface area contributed by atoms with Crippen LogP contribution in [0.1, 0.15) is 49.2 Å². The quantitative estimate of drug-likeness (QED) is 0.766. The number of fused-ring (bicyclic) bond motifs is 1. The lowest BCUT2D eigenvalue weighted by Crippen LogP contribution is -2.18. The fourth-order valence-electron chi connectivity index (χ4n) is 3.48. The molecule has 0 saturated heterocycles. The molecule has 0 amide bonds. The molecule has 1 atom stereocenters. The van der Waals surface area contributed by atoms with Gasteiger partial charge in [0, 0.05) is 29.6 Å². The van der Waals surface area contributed by atoms with E-state index in [9.17, 15) is 0 Å². The van der Waals surface area contributed by atoms with Crippen LogP contribution in [-0.4, -0.2) is 23.1 Å². The third-order valence-electron chi connectivity index (χ3n) is 4.75. The molecule has 1 aromatic carbocycles. The number of benzene rings is 1. The highest BCUT2D eigenvalue weighted by Gasteiger charge is 2.29. The van der Waals surface area contributed by atoms with E-state index in [2.05, 4.69) is 11.8 Å².